The second-order valence-electron chi connectivity index (χ2n) is 8.67. The first kappa shape index (κ1) is 23.1. The van der Waals surface area contributed by atoms with Crippen LogP contribution >= 0.6 is 0 Å². The SMILES string of the molecule is COc1cc2[nH]c(=O)n(C3CCCN(CCCOc4ccc5c(c4)OCO5)C3)c(=O)c2cc1OC. The van der Waals surface area contributed by atoms with Crippen molar-refractivity contribution in [1.29, 1.82) is 0 Å². The van der Waals surface area contributed by atoms with Crippen LogP contribution in [0.25, 0.3) is 10.9 Å². The molecule has 1 aromatic heterocycles. The van der Waals surface area contributed by atoms with Crippen molar-refractivity contribution in [2.45, 2.75) is 25.3 Å². The van der Waals surface area contributed by atoms with Gasteiger partial charge in [-0.2, -0.15) is 0 Å². The molecule has 35 heavy (non-hydrogen) atoms. The second kappa shape index (κ2) is 9.91. The summed E-state index contributed by atoms with van der Waals surface area (Å²) in [5.74, 6) is 3.08. The highest BCUT2D eigenvalue weighted by Crippen LogP contribution is 2.35. The van der Waals surface area contributed by atoms with Crippen molar-refractivity contribution < 1.29 is 23.7 Å². The van der Waals surface area contributed by atoms with Crippen LogP contribution in [0.1, 0.15) is 25.3 Å². The summed E-state index contributed by atoms with van der Waals surface area (Å²) in [7, 11) is 3.03. The first-order valence-corrected chi connectivity index (χ1v) is 11.7. The lowest BCUT2D eigenvalue weighted by Crippen LogP contribution is -2.45. The molecule has 10 nitrogen and oxygen atoms in total. The van der Waals surface area contributed by atoms with Gasteiger partial charge in [-0.05, 0) is 44.0 Å². The summed E-state index contributed by atoms with van der Waals surface area (Å²) in [6, 6.07) is 8.59. The van der Waals surface area contributed by atoms with Crippen LogP contribution in [0.3, 0.4) is 0 Å². The van der Waals surface area contributed by atoms with Gasteiger partial charge in [0, 0.05) is 25.2 Å². The van der Waals surface area contributed by atoms with Crippen LogP contribution in [0.4, 0.5) is 0 Å². The van der Waals surface area contributed by atoms with Crippen LogP contribution in [-0.4, -0.2) is 61.7 Å². The number of piperidine rings is 1. The number of ether oxygens (including phenoxy) is 5. The highest BCUT2D eigenvalue weighted by Gasteiger charge is 2.25. The maximum absolute atomic E-state index is 13.3. The van der Waals surface area contributed by atoms with Crippen LogP contribution in [0.2, 0.25) is 0 Å². The molecule has 5 rings (SSSR count). The zero-order valence-corrected chi connectivity index (χ0v) is 19.9. The first-order chi connectivity index (χ1) is 17.1. The van der Waals surface area contributed by atoms with Gasteiger partial charge in [-0.3, -0.25) is 9.36 Å². The number of nitrogens with one attached hydrogen (secondary N) is 1. The van der Waals surface area contributed by atoms with Gasteiger partial charge in [-0.25, -0.2) is 4.79 Å². The molecule has 10 heteroatoms. The Morgan fingerprint density at radius 2 is 1.86 bits per heavy atom. The van der Waals surface area contributed by atoms with E-state index < -0.39 is 5.69 Å². The molecule has 3 aromatic rings. The Kier molecular flexibility index (Phi) is 6.54. The number of aromatic nitrogens is 2. The summed E-state index contributed by atoms with van der Waals surface area (Å²) in [6.45, 7) is 3.16. The molecule has 1 saturated heterocycles. The number of nitrogens with zero attached hydrogens (tertiary/aromatic N) is 2. The minimum Gasteiger partial charge on any atom is -0.493 e. The summed E-state index contributed by atoms with van der Waals surface area (Å²) in [5.41, 5.74) is -0.294. The van der Waals surface area contributed by atoms with Crippen molar-refractivity contribution in [3.05, 3.63) is 51.2 Å². The van der Waals surface area contributed by atoms with Crippen molar-refractivity contribution in [2.75, 3.05) is 47.3 Å². The molecule has 0 radical (unpaired) electrons. The van der Waals surface area contributed by atoms with Gasteiger partial charge < -0.3 is 33.6 Å². The first-order valence-electron chi connectivity index (χ1n) is 11.7. The molecule has 0 saturated carbocycles. The molecule has 1 atom stereocenters. The van der Waals surface area contributed by atoms with Crippen molar-refractivity contribution in [3.63, 3.8) is 0 Å². The minimum atomic E-state index is -0.410. The van der Waals surface area contributed by atoms with Gasteiger partial charge in [0.1, 0.15) is 5.75 Å². The lowest BCUT2D eigenvalue weighted by atomic mass is 10.0. The average molecular weight is 484 g/mol. The van der Waals surface area contributed by atoms with Crippen molar-refractivity contribution >= 4 is 10.9 Å². The monoisotopic (exact) mass is 483 g/mol. The van der Waals surface area contributed by atoms with E-state index in [1.165, 1.54) is 18.8 Å². The number of hydrogen-bond donors (Lipinski definition) is 1. The van der Waals surface area contributed by atoms with E-state index in [4.69, 9.17) is 23.7 Å². The number of aromatic amines is 1. The maximum atomic E-state index is 13.3. The third kappa shape index (κ3) is 4.66. The van der Waals surface area contributed by atoms with Crippen LogP contribution < -0.4 is 34.9 Å². The third-order valence-electron chi connectivity index (χ3n) is 6.51. The normalized spacial score (nSPS) is 17.5. The summed E-state index contributed by atoms with van der Waals surface area (Å²) >= 11 is 0. The predicted octanol–water partition coefficient (Wildman–Crippen LogP) is 2.54. The van der Waals surface area contributed by atoms with E-state index in [9.17, 15) is 9.59 Å². The molecule has 1 N–H and O–H groups in total. The van der Waals surface area contributed by atoms with Gasteiger partial charge in [0.2, 0.25) is 6.79 Å². The minimum absolute atomic E-state index is 0.202. The summed E-state index contributed by atoms with van der Waals surface area (Å²) in [6.07, 6.45) is 2.50. The Morgan fingerprint density at radius 1 is 1.06 bits per heavy atom. The molecule has 2 aliphatic heterocycles. The Bertz CT molecular complexity index is 1330. The van der Waals surface area contributed by atoms with E-state index in [1.807, 2.05) is 18.2 Å². The largest absolute Gasteiger partial charge is 0.493 e. The van der Waals surface area contributed by atoms with Gasteiger partial charge in [-0.1, -0.05) is 0 Å². The fraction of sp³-hybridized carbons (Fsp3) is 0.440. The highest BCUT2D eigenvalue weighted by atomic mass is 16.7. The molecule has 1 unspecified atom stereocenters. The van der Waals surface area contributed by atoms with E-state index in [2.05, 4.69) is 9.88 Å². The number of fused-ring (bicyclic) bond motifs is 2. The smallest absolute Gasteiger partial charge is 0.329 e. The van der Waals surface area contributed by atoms with E-state index in [-0.39, 0.29) is 18.4 Å². The van der Waals surface area contributed by atoms with E-state index in [0.717, 1.165) is 43.9 Å². The number of likely N-dealkylation sites (tertiary alicyclic amines) is 1. The average Bonchev–Trinajstić information content (AvgIpc) is 3.34. The topological polar surface area (TPSA) is 104 Å². The maximum Gasteiger partial charge on any atom is 0.329 e. The third-order valence-corrected chi connectivity index (χ3v) is 6.51. The van der Waals surface area contributed by atoms with E-state index >= 15 is 0 Å². The quantitative estimate of drug-likeness (QED) is 0.488. The predicted molar refractivity (Wildman–Crippen MR) is 129 cm³/mol. The molecule has 0 bridgehead atoms. The zero-order valence-electron chi connectivity index (χ0n) is 19.9. The molecular weight excluding hydrogens is 454 g/mol. The number of hydrogen-bond acceptors (Lipinski definition) is 8. The zero-order chi connectivity index (χ0) is 24.4. The molecule has 2 aromatic carbocycles. The number of methoxy groups -OCH3 is 2. The molecule has 1 fully saturated rings. The Morgan fingerprint density at radius 3 is 2.69 bits per heavy atom. The lowest BCUT2D eigenvalue weighted by Gasteiger charge is -2.33. The molecule has 186 valence electrons. The van der Waals surface area contributed by atoms with Crippen molar-refractivity contribution in [2.24, 2.45) is 0 Å². The van der Waals surface area contributed by atoms with Crippen LogP contribution in [-0.2, 0) is 0 Å². The number of benzene rings is 2. The molecule has 0 spiro atoms. The van der Waals surface area contributed by atoms with Gasteiger partial charge in [-0.15, -0.1) is 0 Å². The number of H-pyrrole nitrogens is 1. The molecule has 2 aliphatic rings. The van der Waals surface area contributed by atoms with Gasteiger partial charge in [0.15, 0.2) is 23.0 Å². The fourth-order valence-corrected chi connectivity index (χ4v) is 4.78. The molecule has 0 aliphatic carbocycles. The fourth-order valence-electron chi connectivity index (χ4n) is 4.78. The lowest BCUT2D eigenvalue weighted by molar-refractivity contribution is 0.161. The van der Waals surface area contributed by atoms with Gasteiger partial charge >= 0.3 is 5.69 Å². The van der Waals surface area contributed by atoms with Gasteiger partial charge in [0.25, 0.3) is 5.56 Å². The number of rotatable bonds is 8. The van der Waals surface area contributed by atoms with Crippen LogP contribution in [0, 0.1) is 0 Å². The standard InChI is InChI=1S/C25H29N3O7/c1-31-21-12-18-19(13-22(21)32-2)26-25(30)28(24(18)29)16-5-3-8-27(14-16)9-4-10-33-17-6-7-20-23(11-17)35-15-34-20/h6-7,11-13,16H,3-5,8-10,14-15H2,1-2H3,(H,26,30). The van der Waals surface area contributed by atoms with Crippen LogP contribution in [0.15, 0.2) is 39.9 Å². The second-order valence-corrected chi connectivity index (χ2v) is 8.67. The molecular formula is C25H29N3O7. The molecule has 0 amide bonds. The summed E-state index contributed by atoms with van der Waals surface area (Å²) < 4.78 is 28.6. The Balaban J connectivity index is 1.25. The van der Waals surface area contributed by atoms with Crippen molar-refractivity contribution in [3.8, 4) is 28.7 Å². The Hall–Kier alpha value is -3.66. The summed E-state index contributed by atoms with van der Waals surface area (Å²) in [4.78, 5) is 31.3. The van der Waals surface area contributed by atoms with E-state index in [1.54, 1.807) is 12.1 Å². The molecule has 3 heterocycles. The van der Waals surface area contributed by atoms with Gasteiger partial charge in [0.05, 0.1) is 37.8 Å². The highest BCUT2D eigenvalue weighted by molar-refractivity contribution is 5.81. The summed E-state index contributed by atoms with van der Waals surface area (Å²) in [5, 5.41) is 0.400. The van der Waals surface area contributed by atoms with Crippen molar-refractivity contribution in [1.82, 2.24) is 14.5 Å². The van der Waals surface area contributed by atoms with Crippen LogP contribution in [0.5, 0.6) is 28.7 Å². The Labute approximate surface area is 201 Å². The van der Waals surface area contributed by atoms with E-state index in [0.29, 0.717) is 41.3 Å².